The lowest BCUT2D eigenvalue weighted by atomic mass is 9.98. The highest BCUT2D eigenvalue weighted by Gasteiger charge is 2.15. The number of pyridine rings is 1. The molecule has 0 saturated carbocycles. The van der Waals surface area contributed by atoms with E-state index in [1.165, 1.54) is 17.7 Å². The summed E-state index contributed by atoms with van der Waals surface area (Å²) < 4.78 is 13.4. The van der Waals surface area contributed by atoms with Gasteiger partial charge in [0, 0.05) is 29.7 Å². The van der Waals surface area contributed by atoms with Gasteiger partial charge in [-0.25, -0.2) is 4.39 Å². The van der Waals surface area contributed by atoms with Gasteiger partial charge in [0.15, 0.2) is 0 Å². The van der Waals surface area contributed by atoms with Crippen LogP contribution in [0.2, 0.25) is 0 Å². The van der Waals surface area contributed by atoms with E-state index in [1.54, 1.807) is 12.1 Å². The van der Waals surface area contributed by atoms with Crippen molar-refractivity contribution in [3.63, 3.8) is 0 Å². The van der Waals surface area contributed by atoms with Crippen molar-refractivity contribution in [3.8, 4) is 11.1 Å². The van der Waals surface area contributed by atoms with Crippen molar-refractivity contribution in [3.05, 3.63) is 102 Å². The molecule has 0 unspecified atom stereocenters. The minimum absolute atomic E-state index is 0.104. The third-order valence-corrected chi connectivity index (χ3v) is 5.66. The number of nitrogens with zero attached hydrogens (tertiary/aromatic N) is 2. The number of amides is 1. The number of hydrogen-bond donors (Lipinski definition) is 1. The van der Waals surface area contributed by atoms with E-state index < -0.39 is 0 Å². The van der Waals surface area contributed by atoms with Crippen molar-refractivity contribution in [2.24, 2.45) is 0 Å². The topological polar surface area (TPSA) is 45.2 Å². The first-order valence-electron chi connectivity index (χ1n) is 11.2. The van der Waals surface area contributed by atoms with Crippen LogP contribution in [-0.2, 0) is 6.54 Å². The van der Waals surface area contributed by atoms with Gasteiger partial charge >= 0.3 is 0 Å². The fraction of sp³-hybridized carbons (Fsp3) is 0.214. The Morgan fingerprint density at radius 3 is 2.52 bits per heavy atom. The first-order valence-corrected chi connectivity index (χ1v) is 11.2. The maximum absolute atomic E-state index is 13.4. The lowest BCUT2D eigenvalue weighted by Crippen LogP contribution is -2.28. The molecular formula is C28H28FN3O. The molecule has 4 rings (SSSR count). The molecule has 0 saturated heterocycles. The van der Waals surface area contributed by atoms with Crippen molar-refractivity contribution in [1.82, 2.24) is 15.2 Å². The molecule has 0 fully saturated rings. The first-order chi connectivity index (χ1) is 16.0. The van der Waals surface area contributed by atoms with Crippen LogP contribution in [0.1, 0.15) is 28.0 Å². The molecule has 5 heteroatoms. The van der Waals surface area contributed by atoms with Crippen molar-refractivity contribution >= 4 is 16.8 Å². The summed E-state index contributed by atoms with van der Waals surface area (Å²) in [5.74, 6) is -0.384. The Morgan fingerprint density at radius 2 is 1.76 bits per heavy atom. The lowest BCUT2D eigenvalue weighted by Gasteiger charge is -2.17. The third-order valence-electron chi connectivity index (χ3n) is 5.66. The van der Waals surface area contributed by atoms with E-state index in [-0.39, 0.29) is 11.7 Å². The molecule has 1 heterocycles. The number of benzene rings is 3. The Bertz CT molecular complexity index is 1240. The molecule has 1 aromatic heterocycles. The largest absolute Gasteiger partial charge is 0.352 e. The number of hydrogen-bond acceptors (Lipinski definition) is 3. The summed E-state index contributed by atoms with van der Waals surface area (Å²) in [5.41, 5.74) is 5.15. The van der Waals surface area contributed by atoms with Crippen LogP contribution in [0.25, 0.3) is 22.0 Å². The number of fused-ring (bicyclic) bond motifs is 1. The van der Waals surface area contributed by atoms with Crippen molar-refractivity contribution in [2.45, 2.75) is 19.9 Å². The molecule has 0 radical (unpaired) electrons. The molecule has 0 aliphatic heterocycles. The van der Waals surface area contributed by atoms with Crippen LogP contribution < -0.4 is 5.32 Å². The van der Waals surface area contributed by atoms with Crippen LogP contribution in [0.4, 0.5) is 4.39 Å². The highest BCUT2D eigenvalue weighted by atomic mass is 19.1. The van der Waals surface area contributed by atoms with E-state index in [1.807, 2.05) is 49.4 Å². The number of aromatic nitrogens is 1. The van der Waals surface area contributed by atoms with Gasteiger partial charge in [-0.15, -0.1) is 0 Å². The summed E-state index contributed by atoms with van der Waals surface area (Å²) >= 11 is 0. The van der Waals surface area contributed by atoms with Crippen LogP contribution in [-0.4, -0.2) is 35.9 Å². The Labute approximate surface area is 194 Å². The van der Waals surface area contributed by atoms with Crippen LogP contribution in [0.15, 0.2) is 78.9 Å². The van der Waals surface area contributed by atoms with E-state index >= 15 is 0 Å². The SMILES string of the molecule is Cc1cc(C(=O)NCCCN(C)Cc2ccccc2)c2cccc(-c3ccc(F)cc3)c2n1. The predicted molar refractivity (Wildman–Crippen MR) is 132 cm³/mol. The van der Waals surface area contributed by atoms with Gasteiger partial charge in [-0.3, -0.25) is 9.78 Å². The number of carbonyl (C=O) groups excluding carboxylic acids is 1. The quantitative estimate of drug-likeness (QED) is 0.362. The van der Waals surface area contributed by atoms with E-state index in [2.05, 4.69) is 29.4 Å². The third kappa shape index (κ3) is 5.62. The van der Waals surface area contributed by atoms with Gasteiger partial charge in [0.25, 0.3) is 5.91 Å². The molecule has 4 nitrogen and oxygen atoms in total. The van der Waals surface area contributed by atoms with Gasteiger partial charge in [0.05, 0.1) is 11.1 Å². The average molecular weight is 442 g/mol. The van der Waals surface area contributed by atoms with Gasteiger partial charge in [0.2, 0.25) is 0 Å². The predicted octanol–water partition coefficient (Wildman–Crippen LogP) is 5.60. The first kappa shape index (κ1) is 22.6. The molecule has 4 aromatic rings. The molecule has 168 valence electrons. The second-order valence-corrected chi connectivity index (χ2v) is 8.35. The Hall–Kier alpha value is -3.57. The highest BCUT2D eigenvalue weighted by molar-refractivity contribution is 6.09. The molecule has 0 aliphatic carbocycles. The molecule has 0 bridgehead atoms. The summed E-state index contributed by atoms with van der Waals surface area (Å²) in [6.45, 7) is 4.25. The molecule has 33 heavy (non-hydrogen) atoms. The monoisotopic (exact) mass is 441 g/mol. The van der Waals surface area contributed by atoms with Gasteiger partial charge in [-0.05, 0) is 56.3 Å². The van der Waals surface area contributed by atoms with E-state index in [9.17, 15) is 9.18 Å². The second kappa shape index (κ2) is 10.4. The van der Waals surface area contributed by atoms with E-state index in [0.717, 1.165) is 47.2 Å². The minimum atomic E-state index is -0.280. The number of halogens is 1. The van der Waals surface area contributed by atoms with Gasteiger partial charge in [0.1, 0.15) is 5.82 Å². The summed E-state index contributed by atoms with van der Waals surface area (Å²) in [5, 5.41) is 3.85. The maximum atomic E-state index is 13.4. The van der Waals surface area contributed by atoms with Gasteiger partial charge in [-0.2, -0.15) is 0 Å². The maximum Gasteiger partial charge on any atom is 0.252 e. The normalized spacial score (nSPS) is 11.2. The number of para-hydroxylation sites is 1. The lowest BCUT2D eigenvalue weighted by molar-refractivity contribution is 0.0953. The Morgan fingerprint density at radius 1 is 1.00 bits per heavy atom. The molecule has 3 aromatic carbocycles. The summed E-state index contributed by atoms with van der Waals surface area (Å²) in [6, 6.07) is 24.3. The highest BCUT2D eigenvalue weighted by Crippen LogP contribution is 2.29. The molecule has 0 aliphatic rings. The molecule has 1 amide bonds. The van der Waals surface area contributed by atoms with Gasteiger partial charge in [-0.1, -0.05) is 60.7 Å². The number of aryl methyl sites for hydroxylation is 1. The number of nitrogens with one attached hydrogen (secondary N) is 1. The van der Waals surface area contributed by atoms with Crippen LogP contribution in [0.3, 0.4) is 0 Å². The molecule has 0 atom stereocenters. The second-order valence-electron chi connectivity index (χ2n) is 8.35. The van der Waals surface area contributed by atoms with Crippen molar-refractivity contribution < 1.29 is 9.18 Å². The smallest absolute Gasteiger partial charge is 0.252 e. The Kier molecular flexibility index (Phi) is 7.10. The van der Waals surface area contributed by atoms with Crippen LogP contribution in [0.5, 0.6) is 0 Å². The number of rotatable bonds is 8. The van der Waals surface area contributed by atoms with E-state index in [4.69, 9.17) is 4.98 Å². The molecular weight excluding hydrogens is 413 g/mol. The zero-order valence-corrected chi connectivity index (χ0v) is 19.0. The summed E-state index contributed by atoms with van der Waals surface area (Å²) in [6.07, 6.45) is 0.859. The summed E-state index contributed by atoms with van der Waals surface area (Å²) in [4.78, 5) is 20.0. The Balaban J connectivity index is 1.45. The average Bonchev–Trinajstić information content (AvgIpc) is 2.82. The minimum Gasteiger partial charge on any atom is -0.352 e. The van der Waals surface area contributed by atoms with Gasteiger partial charge < -0.3 is 10.2 Å². The van der Waals surface area contributed by atoms with E-state index in [0.29, 0.717) is 12.1 Å². The van der Waals surface area contributed by atoms with Crippen LogP contribution >= 0.6 is 0 Å². The summed E-state index contributed by atoms with van der Waals surface area (Å²) in [7, 11) is 2.09. The molecule has 0 spiro atoms. The number of carbonyl (C=O) groups is 1. The van der Waals surface area contributed by atoms with Crippen LogP contribution in [0, 0.1) is 12.7 Å². The fourth-order valence-electron chi connectivity index (χ4n) is 4.05. The standard InChI is InChI=1S/C28H28FN3O/c1-20-18-26(28(33)30-16-7-17-32(2)19-21-8-4-3-5-9-21)25-11-6-10-24(27(25)31-20)22-12-14-23(29)15-13-22/h3-6,8-15,18H,7,16-17,19H2,1-2H3,(H,30,33). The van der Waals surface area contributed by atoms with Crippen molar-refractivity contribution in [2.75, 3.05) is 20.1 Å². The molecule has 1 N–H and O–H groups in total. The zero-order valence-electron chi connectivity index (χ0n) is 19.0. The zero-order chi connectivity index (χ0) is 23.2. The fourth-order valence-corrected chi connectivity index (χ4v) is 4.05. The van der Waals surface area contributed by atoms with Crippen molar-refractivity contribution in [1.29, 1.82) is 0 Å².